The molecule has 0 aliphatic carbocycles. The third kappa shape index (κ3) is 6.75. The highest BCUT2D eigenvalue weighted by atomic mass is 16.5. The Hall–Kier alpha value is -4.06. The summed E-state index contributed by atoms with van der Waals surface area (Å²) in [6.07, 6.45) is 5.30. The first-order valence-electron chi connectivity index (χ1n) is 9.81. The van der Waals surface area contributed by atoms with E-state index in [1.54, 1.807) is 25.7 Å². The zero-order valence-electron chi connectivity index (χ0n) is 17.6. The molecule has 1 aromatic heterocycles. The smallest absolute Gasteiger partial charge is 0.262 e. The van der Waals surface area contributed by atoms with Gasteiger partial charge in [0.25, 0.3) is 5.91 Å². The Labute approximate surface area is 183 Å². The van der Waals surface area contributed by atoms with Crippen LogP contribution in [-0.4, -0.2) is 29.2 Å². The summed E-state index contributed by atoms with van der Waals surface area (Å²) in [4.78, 5) is 16.0. The molecule has 1 amide bonds. The molecule has 6 heteroatoms. The predicted octanol–water partition coefficient (Wildman–Crippen LogP) is 5.14. The van der Waals surface area contributed by atoms with Crippen molar-refractivity contribution in [2.24, 2.45) is 0 Å². The zero-order valence-corrected chi connectivity index (χ0v) is 17.6. The molecule has 0 fully saturated rings. The van der Waals surface area contributed by atoms with Crippen molar-refractivity contribution in [3.05, 3.63) is 103 Å². The summed E-state index contributed by atoms with van der Waals surface area (Å²) in [7, 11) is 1.60. The molecule has 0 bridgehead atoms. The highest BCUT2D eigenvalue weighted by Crippen LogP contribution is 2.22. The van der Waals surface area contributed by atoms with Crippen LogP contribution < -0.4 is 14.8 Å². The number of amides is 1. The number of nitrogens with one attached hydrogen (secondary N) is 1. The standard InChI is InChI=1S/C19H19N3O3.C6H6.H2/c1-14-3-4-15(11-18(14)24-2)21-19(23)12-25-17-7-5-16(6-8-17)22-10-9-20-13-22;1-2-4-6-5-3-1;/h3-11,13H,12H2,1-2H3,(H,21,23);1-6H;1H. The van der Waals surface area contributed by atoms with Gasteiger partial charge in [0.15, 0.2) is 6.61 Å². The maximum atomic E-state index is 12.0. The van der Waals surface area contributed by atoms with Crippen molar-refractivity contribution >= 4 is 11.6 Å². The van der Waals surface area contributed by atoms with Crippen molar-refractivity contribution in [1.82, 2.24) is 9.55 Å². The number of methoxy groups -OCH3 is 1. The molecule has 0 radical (unpaired) electrons. The average molecular weight is 418 g/mol. The quantitative estimate of drug-likeness (QED) is 0.472. The van der Waals surface area contributed by atoms with Gasteiger partial charge in [-0.3, -0.25) is 4.79 Å². The van der Waals surface area contributed by atoms with Gasteiger partial charge in [-0.25, -0.2) is 4.98 Å². The zero-order chi connectivity index (χ0) is 21.9. The third-order valence-electron chi connectivity index (χ3n) is 4.37. The lowest BCUT2D eigenvalue weighted by atomic mass is 10.2. The van der Waals surface area contributed by atoms with Crippen LogP contribution in [0.3, 0.4) is 0 Å². The summed E-state index contributed by atoms with van der Waals surface area (Å²) >= 11 is 0. The fourth-order valence-corrected chi connectivity index (χ4v) is 2.75. The molecule has 0 spiro atoms. The van der Waals surface area contributed by atoms with Gasteiger partial charge in [-0.15, -0.1) is 0 Å². The molecule has 160 valence electrons. The van der Waals surface area contributed by atoms with E-state index in [0.29, 0.717) is 11.4 Å². The van der Waals surface area contributed by atoms with E-state index in [4.69, 9.17) is 9.47 Å². The first kappa shape index (κ1) is 21.6. The topological polar surface area (TPSA) is 65.4 Å². The molecule has 31 heavy (non-hydrogen) atoms. The minimum absolute atomic E-state index is 0. The lowest BCUT2D eigenvalue weighted by molar-refractivity contribution is -0.118. The summed E-state index contributed by atoms with van der Waals surface area (Å²) in [5.74, 6) is 1.12. The molecule has 6 nitrogen and oxygen atoms in total. The largest absolute Gasteiger partial charge is 0.496 e. The maximum absolute atomic E-state index is 12.0. The molecular formula is C25H27N3O3. The van der Waals surface area contributed by atoms with Crippen LogP contribution in [0.2, 0.25) is 0 Å². The summed E-state index contributed by atoms with van der Waals surface area (Å²) in [6.45, 7) is 1.88. The monoisotopic (exact) mass is 417 g/mol. The number of hydrogen-bond acceptors (Lipinski definition) is 4. The number of carbonyl (C=O) groups is 1. The Balaban J connectivity index is 0.000000450. The van der Waals surface area contributed by atoms with Gasteiger partial charge in [0.2, 0.25) is 0 Å². The number of carbonyl (C=O) groups excluding carboxylic acids is 1. The van der Waals surface area contributed by atoms with E-state index in [-0.39, 0.29) is 13.9 Å². The summed E-state index contributed by atoms with van der Waals surface area (Å²) in [5, 5.41) is 2.79. The van der Waals surface area contributed by atoms with E-state index in [0.717, 1.165) is 17.0 Å². The Kier molecular flexibility index (Phi) is 7.83. The molecular weight excluding hydrogens is 390 g/mol. The van der Waals surface area contributed by atoms with E-state index in [1.165, 1.54) is 0 Å². The molecule has 1 N–H and O–H groups in total. The van der Waals surface area contributed by atoms with Gasteiger partial charge in [-0.2, -0.15) is 0 Å². The van der Waals surface area contributed by atoms with Crippen LogP contribution in [0.15, 0.2) is 97.6 Å². The number of imidazole rings is 1. The molecule has 4 aromatic rings. The number of nitrogens with zero attached hydrogens (tertiary/aromatic N) is 2. The van der Waals surface area contributed by atoms with E-state index in [2.05, 4.69) is 10.3 Å². The van der Waals surface area contributed by atoms with Crippen molar-refractivity contribution in [2.45, 2.75) is 6.92 Å². The van der Waals surface area contributed by atoms with Crippen LogP contribution in [0, 0.1) is 6.92 Å². The highest BCUT2D eigenvalue weighted by Gasteiger charge is 2.06. The van der Waals surface area contributed by atoms with Gasteiger partial charge in [0.05, 0.1) is 13.4 Å². The molecule has 4 rings (SSSR count). The second kappa shape index (κ2) is 11.2. The van der Waals surface area contributed by atoms with Crippen LogP contribution >= 0.6 is 0 Å². The Morgan fingerprint density at radius 2 is 1.71 bits per heavy atom. The number of benzene rings is 3. The van der Waals surface area contributed by atoms with Crippen molar-refractivity contribution in [2.75, 3.05) is 19.0 Å². The van der Waals surface area contributed by atoms with Gasteiger partial charge in [0, 0.05) is 31.3 Å². The van der Waals surface area contributed by atoms with Crippen molar-refractivity contribution in [3.8, 4) is 17.2 Å². The van der Waals surface area contributed by atoms with E-state index in [1.807, 2.05) is 90.5 Å². The number of ether oxygens (including phenoxy) is 2. The normalized spacial score (nSPS) is 9.87. The molecule has 1 heterocycles. The first-order chi connectivity index (χ1) is 15.2. The third-order valence-corrected chi connectivity index (χ3v) is 4.37. The molecule has 3 aromatic carbocycles. The fourth-order valence-electron chi connectivity index (χ4n) is 2.75. The lowest BCUT2D eigenvalue weighted by Crippen LogP contribution is -2.20. The molecule has 0 saturated carbocycles. The Bertz CT molecular complexity index is 1040. The molecule has 0 atom stereocenters. The fraction of sp³-hybridized carbons (Fsp3) is 0.120. The Morgan fingerprint density at radius 3 is 2.29 bits per heavy atom. The van der Waals surface area contributed by atoms with Crippen molar-refractivity contribution in [1.29, 1.82) is 0 Å². The Morgan fingerprint density at radius 1 is 1.03 bits per heavy atom. The SMILES string of the molecule is COc1cc(NC(=O)COc2ccc(-n3ccnc3)cc2)ccc1C.[HH].c1ccccc1. The van der Waals surface area contributed by atoms with E-state index < -0.39 is 0 Å². The molecule has 0 aliphatic rings. The van der Waals surface area contributed by atoms with Gasteiger partial charge in [-0.1, -0.05) is 42.5 Å². The van der Waals surface area contributed by atoms with Crippen LogP contribution in [-0.2, 0) is 4.79 Å². The number of aromatic nitrogens is 2. The second-order valence-corrected chi connectivity index (χ2v) is 6.64. The van der Waals surface area contributed by atoms with Crippen LogP contribution in [0.1, 0.15) is 6.99 Å². The number of hydrogen-bond donors (Lipinski definition) is 1. The van der Waals surface area contributed by atoms with Gasteiger partial charge < -0.3 is 19.4 Å². The van der Waals surface area contributed by atoms with Crippen LogP contribution in [0.4, 0.5) is 5.69 Å². The average Bonchev–Trinajstić information content (AvgIpc) is 3.36. The molecule has 0 aliphatic heterocycles. The van der Waals surface area contributed by atoms with Gasteiger partial charge >= 0.3 is 0 Å². The number of aryl methyl sites for hydroxylation is 1. The maximum Gasteiger partial charge on any atom is 0.262 e. The van der Waals surface area contributed by atoms with Crippen molar-refractivity contribution in [3.63, 3.8) is 0 Å². The first-order valence-corrected chi connectivity index (χ1v) is 9.81. The summed E-state index contributed by atoms with van der Waals surface area (Å²) in [5.41, 5.74) is 2.65. The molecule has 0 unspecified atom stereocenters. The molecule has 0 saturated heterocycles. The predicted molar refractivity (Wildman–Crippen MR) is 124 cm³/mol. The number of rotatable bonds is 6. The van der Waals surface area contributed by atoms with Gasteiger partial charge in [-0.05, 0) is 42.8 Å². The lowest BCUT2D eigenvalue weighted by Gasteiger charge is -2.10. The second-order valence-electron chi connectivity index (χ2n) is 6.64. The van der Waals surface area contributed by atoms with E-state index in [9.17, 15) is 4.79 Å². The van der Waals surface area contributed by atoms with Crippen LogP contribution in [0.5, 0.6) is 11.5 Å². The summed E-state index contributed by atoms with van der Waals surface area (Å²) < 4.78 is 12.7. The van der Waals surface area contributed by atoms with E-state index >= 15 is 0 Å². The highest BCUT2D eigenvalue weighted by molar-refractivity contribution is 5.92. The van der Waals surface area contributed by atoms with Crippen LogP contribution in [0.25, 0.3) is 5.69 Å². The van der Waals surface area contributed by atoms with Gasteiger partial charge in [0.1, 0.15) is 11.5 Å². The summed E-state index contributed by atoms with van der Waals surface area (Å²) in [6, 6.07) is 24.9. The van der Waals surface area contributed by atoms with Crippen molar-refractivity contribution < 1.29 is 15.7 Å². The minimum Gasteiger partial charge on any atom is -0.496 e. The number of anilines is 1. The minimum atomic E-state index is -0.232.